The summed E-state index contributed by atoms with van der Waals surface area (Å²) in [6.45, 7) is 0. The van der Waals surface area contributed by atoms with Gasteiger partial charge in [0.05, 0.1) is 5.52 Å². The lowest BCUT2D eigenvalue weighted by molar-refractivity contribution is -0.140. The molecule has 0 aliphatic carbocycles. The lowest BCUT2D eigenvalue weighted by atomic mass is 10.1. The van der Waals surface area contributed by atoms with Gasteiger partial charge in [0.25, 0.3) is 0 Å². The van der Waals surface area contributed by atoms with Crippen molar-refractivity contribution in [3.8, 4) is 0 Å². The van der Waals surface area contributed by atoms with E-state index in [1.54, 1.807) is 0 Å². The van der Waals surface area contributed by atoms with Gasteiger partial charge in [0, 0.05) is 18.0 Å². The third-order valence-electron chi connectivity index (χ3n) is 2.29. The van der Waals surface area contributed by atoms with Crippen LogP contribution in [-0.4, -0.2) is 16.1 Å². The van der Waals surface area contributed by atoms with Crippen molar-refractivity contribution in [2.75, 3.05) is 0 Å². The average molecular weight is 228 g/mol. The van der Waals surface area contributed by atoms with E-state index in [1.807, 2.05) is 0 Å². The number of nitrogens with zero attached hydrogens (tertiary/aromatic N) is 2. The van der Waals surface area contributed by atoms with E-state index in [0.717, 1.165) is 4.68 Å². The normalized spacial score (nSPS) is 12.0. The minimum atomic E-state index is -4.51. The number of carbonyl (C=O) groups is 1. The third-order valence-corrected chi connectivity index (χ3v) is 2.29. The second kappa shape index (κ2) is 3.33. The minimum Gasteiger partial charge on any atom is -0.298 e. The number of para-hydroxylation sites is 1. The highest BCUT2D eigenvalue weighted by Crippen LogP contribution is 2.34. The van der Waals surface area contributed by atoms with Crippen LogP contribution in [0.25, 0.3) is 10.9 Å². The Bertz CT molecular complexity index is 557. The van der Waals surface area contributed by atoms with Crippen LogP contribution >= 0.6 is 0 Å². The molecule has 6 heteroatoms. The van der Waals surface area contributed by atoms with E-state index in [0.29, 0.717) is 6.29 Å². The SMILES string of the molecule is Cn1nc(C(F)(F)F)c2cccc(C=O)c21. The van der Waals surface area contributed by atoms with Gasteiger partial charge in [0.15, 0.2) is 12.0 Å². The van der Waals surface area contributed by atoms with Gasteiger partial charge in [-0.2, -0.15) is 18.3 Å². The van der Waals surface area contributed by atoms with Crippen LogP contribution in [0.1, 0.15) is 16.1 Å². The summed E-state index contributed by atoms with van der Waals surface area (Å²) in [6, 6.07) is 4.16. The van der Waals surface area contributed by atoms with E-state index in [1.165, 1.54) is 25.2 Å². The van der Waals surface area contributed by atoms with Crippen LogP contribution in [0.4, 0.5) is 13.2 Å². The number of carbonyl (C=O) groups excluding carboxylic acids is 1. The Morgan fingerprint density at radius 3 is 2.62 bits per heavy atom. The molecule has 0 aliphatic rings. The topological polar surface area (TPSA) is 34.9 Å². The quantitative estimate of drug-likeness (QED) is 0.702. The van der Waals surface area contributed by atoms with Crippen molar-refractivity contribution < 1.29 is 18.0 Å². The maximum atomic E-state index is 12.6. The fraction of sp³-hybridized carbons (Fsp3) is 0.200. The smallest absolute Gasteiger partial charge is 0.298 e. The molecule has 2 rings (SSSR count). The number of aldehydes is 1. The number of benzene rings is 1. The Labute approximate surface area is 88.5 Å². The highest BCUT2D eigenvalue weighted by molar-refractivity contribution is 5.97. The van der Waals surface area contributed by atoms with Crippen LogP contribution in [0, 0.1) is 0 Å². The molecular weight excluding hydrogens is 221 g/mol. The van der Waals surface area contributed by atoms with Gasteiger partial charge >= 0.3 is 6.18 Å². The lowest BCUT2D eigenvalue weighted by Gasteiger charge is -2.01. The van der Waals surface area contributed by atoms with Crippen LogP contribution in [0.15, 0.2) is 18.2 Å². The number of fused-ring (bicyclic) bond motifs is 1. The highest BCUT2D eigenvalue weighted by atomic mass is 19.4. The molecule has 0 amide bonds. The molecule has 1 heterocycles. The molecule has 0 atom stereocenters. The predicted molar refractivity (Wildman–Crippen MR) is 51.1 cm³/mol. The van der Waals surface area contributed by atoms with Crippen LogP contribution in [0.5, 0.6) is 0 Å². The monoisotopic (exact) mass is 228 g/mol. The largest absolute Gasteiger partial charge is 0.435 e. The van der Waals surface area contributed by atoms with Crippen LogP contribution < -0.4 is 0 Å². The van der Waals surface area contributed by atoms with Gasteiger partial charge < -0.3 is 0 Å². The van der Waals surface area contributed by atoms with Crippen molar-refractivity contribution in [3.05, 3.63) is 29.5 Å². The first kappa shape index (κ1) is 10.7. The summed E-state index contributed by atoms with van der Waals surface area (Å²) >= 11 is 0. The van der Waals surface area contributed by atoms with Crippen molar-refractivity contribution in [2.45, 2.75) is 6.18 Å². The standard InChI is InChI=1S/C10H7F3N2O/c1-15-8-6(5-16)3-2-4-7(8)9(14-15)10(11,12)13/h2-5H,1H3. The number of hydrogen-bond donors (Lipinski definition) is 0. The zero-order chi connectivity index (χ0) is 11.9. The molecule has 0 radical (unpaired) electrons. The number of aryl methyl sites for hydroxylation is 1. The summed E-state index contributed by atoms with van der Waals surface area (Å²) in [5.74, 6) is 0. The molecular formula is C10H7F3N2O. The molecule has 0 spiro atoms. The molecule has 0 N–H and O–H groups in total. The number of alkyl halides is 3. The fourth-order valence-electron chi connectivity index (χ4n) is 1.67. The molecule has 0 aliphatic heterocycles. The van der Waals surface area contributed by atoms with Gasteiger partial charge in [-0.15, -0.1) is 0 Å². The van der Waals surface area contributed by atoms with E-state index in [-0.39, 0.29) is 16.5 Å². The first-order valence-corrected chi connectivity index (χ1v) is 4.43. The highest BCUT2D eigenvalue weighted by Gasteiger charge is 2.36. The molecule has 3 nitrogen and oxygen atoms in total. The zero-order valence-electron chi connectivity index (χ0n) is 8.25. The molecule has 0 saturated carbocycles. The fourth-order valence-corrected chi connectivity index (χ4v) is 1.67. The minimum absolute atomic E-state index is 0.0559. The average Bonchev–Trinajstić information content (AvgIpc) is 2.56. The molecule has 16 heavy (non-hydrogen) atoms. The Morgan fingerprint density at radius 2 is 2.06 bits per heavy atom. The lowest BCUT2D eigenvalue weighted by Crippen LogP contribution is -2.06. The Kier molecular flexibility index (Phi) is 2.22. The maximum absolute atomic E-state index is 12.6. The van der Waals surface area contributed by atoms with Gasteiger partial charge in [0.1, 0.15) is 0 Å². The number of aromatic nitrogens is 2. The van der Waals surface area contributed by atoms with Gasteiger partial charge in [-0.05, 0) is 6.07 Å². The van der Waals surface area contributed by atoms with Crippen LogP contribution in [0.2, 0.25) is 0 Å². The van der Waals surface area contributed by atoms with Crippen molar-refractivity contribution in [2.24, 2.45) is 7.05 Å². The van der Waals surface area contributed by atoms with E-state index in [9.17, 15) is 18.0 Å². The Hall–Kier alpha value is -1.85. The molecule has 1 aromatic carbocycles. The number of hydrogen-bond acceptors (Lipinski definition) is 2. The first-order chi connectivity index (χ1) is 7.45. The van der Waals surface area contributed by atoms with Gasteiger partial charge in [-0.1, -0.05) is 12.1 Å². The van der Waals surface area contributed by atoms with E-state index in [2.05, 4.69) is 5.10 Å². The number of rotatable bonds is 1. The first-order valence-electron chi connectivity index (χ1n) is 4.43. The summed E-state index contributed by atoms with van der Waals surface area (Å²) in [5.41, 5.74) is -0.568. The van der Waals surface area contributed by atoms with Crippen molar-refractivity contribution in [1.82, 2.24) is 9.78 Å². The van der Waals surface area contributed by atoms with Gasteiger partial charge in [-0.25, -0.2) is 0 Å². The Morgan fingerprint density at radius 1 is 1.38 bits per heavy atom. The van der Waals surface area contributed by atoms with Gasteiger partial charge in [-0.3, -0.25) is 9.48 Å². The van der Waals surface area contributed by atoms with E-state index >= 15 is 0 Å². The second-order valence-corrected chi connectivity index (χ2v) is 3.33. The molecule has 2 aromatic rings. The molecule has 0 unspecified atom stereocenters. The summed E-state index contributed by atoms with van der Waals surface area (Å²) in [5, 5.41) is 3.35. The molecule has 0 saturated heterocycles. The van der Waals surface area contributed by atoms with Crippen molar-refractivity contribution in [1.29, 1.82) is 0 Å². The summed E-state index contributed by atoms with van der Waals surface area (Å²) in [4.78, 5) is 10.7. The summed E-state index contributed by atoms with van der Waals surface area (Å²) in [6.07, 6.45) is -3.99. The Balaban J connectivity index is 2.87. The van der Waals surface area contributed by atoms with E-state index in [4.69, 9.17) is 0 Å². The van der Waals surface area contributed by atoms with Crippen molar-refractivity contribution in [3.63, 3.8) is 0 Å². The van der Waals surface area contributed by atoms with Gasteiger partial charge in [0.2, 0.25) is 0 Å². The van der Waals surface area contributed by atoms with E-state index < -0.39 is 11.9 Å². The third kappa shape index (κ3) is 1.46. The molecule has 84 valence electrons. The van der Waals surface area contributed by atoms with Crippen LogP contribution in [0.3, 0.4) is 0 Å². The summed E-state index contributed by atoms with van der Waals surface area (Å²) in [7, 11) is 1.38. The summed E-state index contributed by atoms with van der Waals surface area (Å²) < 4.78 is 38.9. The zero-order valence-corrected chi connectivity index (χ0v) is 8.25. The maximum Gasteiger partial charge on any atom is 0.435 e. The second-order valence-electron chi connectivity index (χ2n) is 3.33. The molecule has 1 aromatic heterocycles. The van der Waals surface area contributed by atoms with Crippen molar-refractivity contribution >= 4 is 17.2 Å². The van der Waals surface area contributed by atoms with Crippen LogP contribution in [-0.2, 0) is 13.2 Å². The predicted octanol–water partition coefficient (Wildman–Crippen LogP) is 2.40. The molecule has 0 fully saturated rings. The number of halogens is 3. The molecule has 0 bridgehead atoms.